The lowest BCUT2D eigenvalue weighted by Crippen LogP contribution is -2.13. The van der Waals surface area contributed by atoms with E-state index in [9.17, 15) is 28.1 Å². The van der Waals surface area contributed by atoms with Crippen LogP contribution in [-0.4, -0.2) is 36.6 Å². The van der Waals surface area contributed by atoms with Crippen LogP contribution in [0.5, 0.6) is 0 Å². The maximum absolute atomic E-state index is 13.6. The maximum atomic E-state index is 13.6. The molecule has 0 bridgehead atoms. The molecule has 0 spiro atoms. The summed E-state index contributed by atoms with van der Waals surface area (Å²) in [5, 5.41) is 11.5. The predicted octanol–water partition coefficient (Wildman–Crippen LogP) is 3.47. The monoisotopic (exact) mass is 409 g/mol. The Bertz CT molecular complexity index is 1070. The van der Waals surface area contributed by atoms with E-state index in [1.165, 1.54) is 23.9 Å². The molecule has 0 amide bonds. The molecule has 0 fully saturated rings. The number of nitro benzene ring substituents is 1. The van der Waals surface area contributed by atoms with Gasteiger partial charge in [0.2, 0.25) is 0 Å². The molecule has 2 heterocycles. The molecule has 0 aliphatic rings. The number of carbonyl (C=O) groups excluding carboxylic acids is 1. The molecule has 3 rings (SSSR count). The summed E-state index contributed by atoms with van der Waals surface area (Å²) in [4.78, 5) is 30.2. The van der Waals surface area contributed by atoms with Gasteiger partial charge >= 0.3 is 12.1 Å². The number of nitro groups is 1. The summed E-state index contributed by atoms with van der Waals surface area (Å²) in [6.07, 6.45) is -0.0175. The summed E-state index contributed by atoms with van der Waals surface area (Å²) in [5.74, 6) is -0.742. The largest absolute Gasteiger partial charge is 0.461 e. The average molecular weight is 409 g/mol. The Morgan fingerprint density at radius 1 is 1.28 bits per heavy atom. The molecule has 3 aromatic rings. The highest BCUT2D eigenvalue weighted by molar-refractivity contribution is 5.88. The minimum atomic E-state index is -4.84. The molecule has 9 nitrogen and oxygen atoms in total. The van der Waals surface area contributed by atoms with Gasteiger partial charge in [-0.15, -0.1) is 0 Å². The molecule has 0 atom stereocenters. The minimum Gasteiger partial charge on any atom is -0.461 e. The summed E-state index contributed by atoms with van der Waals surface area (Å²) >= 11 is 0. The zero-order chi connectivity index (χ0) is 21.3. The molecule has 152 valence electrons. The van der Waals surface area contributed by atoms with Crippen molar-refractivity contribution in [2.45, 2.75) is 20.0 Å². The van der Waals surface area contributed by atoms with Gasteiger partial charge in [0.15, 0.2) is 5.69 Å². The van der Waals surface area contributed by atoms with Crippen LogP contribution in [0.4, 0.5) is 18.9 Å². The van der Waals surface area contributed by atoms with Gasteiger partial charge < -0.3 is 9.30 Å². The second-order valence-electron chi connectivity index (χ2n) is 5.85. The van der Waals surface area contributed by atoms with Gasteiger partial charge in [-0.05, 0) is 19.9 Å². The third-order valence-corrected chi connectivity index (χ3v) is 4.11. The van der Waals surface area contributed by atoms with Gasteiger partial charge in [-0.1, -0.05) is 0 Å². The molecule has 1 aromatic carbocycles. The Kier molecular flexibility index (Phi) is 5.10. The van der Waals surface area contributed by atoms with Gasteiger partial charge in [0, 0.05) is 18.5 Å². The standard InChI is InChI=1S/C17H14F3N5O4/c1-3-29-16(26)15-10(2)24(9-22-15)13-7-12(23-5-4-21-8-23)11(17(18,19)20)6-14(13)25(27)28/h4-9H,3H2,1-2H3. The number of rotatable bonds is 5. The third kappa shape index (κ3) is 3.68. The van der Waals surface area contributed by atoms with Crippen LogP contribution in [-0.2, 0) is 10.9 Å². The van der Waals surface area contributed by atoms with Crippen molar-refractivity contribution >= 4 is 11.7 Å². The Balaban J connectivity index is 2.28. The highest BCUT2D eigenvalue weighted by Gasteiger charge is 2.37. The highest BCUT2D eigenvalue weighted by atomic mass is 19.4. The number of ether oxygens (including phenoxy) is 1. The fourth-order valence-corrected chi connectivity index (χ4v) is 2.80. The van der Waals surface area contributed by atoms with Gasteiger partial charge in [-0.25, -0.2) is 14.8 Å². The Morgan fingerprint density at radius 2 is 2.00 bits per heavy atom. The van der Waals surface area contributed by atoms with Crippen molar-refractivity contribution in [3.05, 3.63) is 64.2 Å². The van der Waals surface area contributed by atoms with E-state index in [0.717, 1.165) is 23.3 Å². The Labute approximate surface area is 161 Å². The SMILES string of the molecule is CCOC(=O)c1ncn(-c2cc(-n3ccnc3)c(C(F)(F)F)cc2[N+](=O)[O-])c1C. The summed E-state index contributed by atoms with van der Waals surface area (Å²) in [5.41, 5.74) is -2.45. The minimum absolute atomic E-state index is 0.0924. The number of carbonyl (C=O) groups is 1. The second-order valence-corrected chi connectivity index (χ2v) is 5.85. The lowest BCUT2D eigenvalue weighted by atomic mass is 10.1. The Morgan fingerprint density at radius 3 is 2.55 bits per heavy atom. The number of esters is 1. The predicted molar refractivity (Wildman–Crippen MR) is 93.0 cm³/mol. The summed E-state index contributed by atoms with van der Waals surface area (Å²) in [7, 11) is 0. The van der Waals surface area contributed by atoms with E-state index in [4.69, 9.17) is 4.74 Å². The lowest BCUT2D eigenvalue weighted by Gasteiger charge is -2.16. The first kappa shape index (κ1) is 20.0. The van der Waals surface area contributed by atoms with E-state index < -0.39 is 28.3 Å². The molecule has 0 radical (unpaired) electrons. The quantitative estimate of drug-likeness (QED) is 0.363. The van der Waals surface area contributed by atoms with Crippen LogP contribution in [0.1, 0.15) is 28.7 Å². The fraction of sp³-hybridized carbons (Fsp3) is 0.235. The topological polar surface area (TPSA) is 105 Å². The van der Waals surface area contributed by atoms with Crippen molar-refractivity contribution < 1.29 is 27.6 Å². The molecule has 2 aromatic heterocycles. The molecule has 29 heavy (non-hydrogen) atoms. The summed E-state index contributed by atoms with van der Waals surface area (Å²) < 4.78 is 47.8. The lowest BCUT2D eigenvalue weighted by molar-refractivity contribution is -0.384. The number of benzene rings is 1. The molecule has 0 aliphatic carbocycles. The molecule has 0 aliphatic heterocycles. The van der Waals surface area contributed by atoms with Gasteiger partial charge in [-0.3, -0.25) is 14.7 Å². The van der Waals surface area contributed by atoms with Crippen molar-refractivity contribution in [3.8, 4) is 11.4 Å². The van der Waals surface area contributed by atoms with Gasteiger partial charge in [0.05, 0.1) is 34.8 Å². The van der Waals surface area contributed by atoms with Gasteiger partial charge in [0.25, 0.3) is 5.69 Å². The van der Waals surface area contributed by atoms with Crippen LogP contribution in [0.2, 0.25) is 0 Å². The van der Waals surface area contributed by atoms with Crippen LogP contribution >= 0.6 is 0 Å². The number of alkyl halides is 3. The van der Waals surface area contributed by atoms with Crippen molar-refractivity contribution in [2.75, 3.05) is 6.61 Å². The number of imidazole rings is 2. The van der Waals surface area contributed by atoms with Crippen LogP contribution in [0, 0.1) is 17.0 Å². The summed E-state index contributed by atoms with van der Waals surface area (Å²) in [6.45, 7) is 3.15. The maximum Gasteiger partial charge on any atom is 0.418 e. The van der Waals surface area contributed by atoms with E-state index in [1.54, 1.807) is 6.92 Å². The van der Waals surface area contributed by atoms with E-state index in [1.807, 2.05) is 0 Å². The van der Waals surface area contributed by atoms with E-state index in [0.29, 0.717) is 6.07 Å². The van der Waals surface area contributed by atoms with Crippen LogP contribution in [0.15, 0.2) is 37.2 Å². The highest BCUT2D eigenvalue weighted by Crippen LogP contribution is 2.39. The molecule has 0 unspecified atom stereocenters. The van der Waals surface area contributed by atoms with E-state index >= 15 is 0 Å². The first-order chi connectivity index (χ1) is 13.6. The molecule has 12 heteroatoms. The van der Waals surface area contributed by atoms with Crippen molar-refractivity contribution in [1.29, 1.82) is 0 Å². The fourth-order valence-electron chi connectivity index (χ4n) is 2.80. The smallest absolute Gasteiger partial charge is 0.418 e. The second kappa shape index (κ2) is 7.37. The zero-order valence-electron chi connectivity index (χ0n) is 15.2. The normalized spacial score (nSPS) is 11.5. The average Bonchev–Trinajstić information content (AvgIpc) is 3.29. The zero-order valence-corrected chi connectivity index (χ0v) is 15.2. The van der Waals surface area contributed by atoms with Crippen LogP contribution < -0.4 is 0 Å². The first-order valence-corrected chi connectivity index (χ1v) is 8.24. The van der Waals surface area contributed by atoms with Crippen molar-refractivity contribution in [2.24, 2.45) is 0 Å². The van der Waals surface area contributed by atoms with Crippen LogP contribution in [0.25, 0.3) is 11.4 Å². The molecule has 0 saturated carbocycles. The van der Waals surface area contributed by atoms with Gasteiger partial charge in [-0.2, -0.15) is 13.2 Å². The van der Waals surface area contributed by atoms with Crippen LogP contribution in [0.3, 0.4) is 0 Å². The molecule has 0 saturated heterocycles. The van der Waals surface area contributed by atoms with Crippen molar-refractivity contribution in [1.82, 2.24) is 19.1 Å². The number of aromatic nitrogens is 4. The number of halogens is 3. The molecule has 0 N–H and O–H groups in total. The molecular weight excluding hydrogens is 395 g/mol. The third-order valence-electron chi connectivity index (χ3n) is 4.11. The molecular formula is C17H14F3N5O4. The first-order valence-electron chi connectivity index (χ1n) is 8.24. The van der Waals surface area contributed by atoms with Gasteiger partial charge in [0.1, 0.15) is 12.0 Å². The number of hydrogen-bond acceptors (Lipinski definition) is 6. The number of nitrogens with zero attached hydrogens (tertiary/aromatic N) is 5. The number of hydrogen-bond donors (Lipinski definition) is 0. The van der Waals surface area contributed by atoms with E-state index in [2.05, 4.69) is 9.97 Å². The van der Waals surface area contributed by atoms with Crippen molar-refractivity contribution in [3.63, 3.8) is 0 Å². The van der Waals surface area contributed by atoms with E-state index in [-0.39, 0.29) is 29.4 Å². The Hall–Kier alpha value is -3.70. The summed E-state index contributed by atoms with van der Waals surface area (Å²) in [6, 6.07) is 1.46.